The number of cyclic esters (lactones) is 3. The summed E-state index contributed by atoms with van der Waals surface area (Å²) in [6.45, 7) is 17.6. The molecule has 2 saturated heterocycles. The number of carbonyl (C=O) groups excluding carboxylic acids is 5. The maximum atomic E-state index is 12.2. The lowest BCUT2D eigenvalue weighted by Gasteiger charge is -2.63. The van der Waals surface area contributed by atoms with Crippen molar-refractivity contribution in [1.82, 2.24) is 16.0 Å². The minimum atomic E-state index is -0.650. The molecule has 134 heavy (non-hydrogen) atoms. The normalized spacial score (nSPS) is 38.3. The summed E-state index contributed by atoms with van der Waals surface area (Å²) in [6, 6.07) is 0.467. The van der Waals surface area contributed by atoms with Crippen molar-refractivity contribution in [2.75, 3.05) is 131 Å². The molecule has 17 aliphatic rings. The van der Waals surface area contributed by atoms with E-state index >= 15 is 0 Å². The van der Waals surface area contributed by atoms with Gasteiger partial charge in [0, 0.05) is 135 Å². The Kier molecular flexibility index (Phi) is 54.9. The van der Waals surface area contributed by atoms with Crippen molar-refractivity contribution in [3.05, 3.63) is 34.9 Å². The van der Waals surface area contributed by atoms with E-state index in [2.05, 4.69) is 68.1 Å². The number of Topliss-reactive ketones (excluding diaryl/α,β-unsaturated/α-hetero) is 1. The van der Waals surface area contributed by atoms with Crippen LogP contribution < -0.4 is 16.9 Å². The summed E-state index contributed by atoms with van der Waals surface area (Å²) >= 11 is 0. The predicted molar refractivity (Wildman–Crippen MR) is 514 cm³/mol. The van der Waals surface area contributed by atoms with Gasteiger partial charge in [-0.2, -0.15) is 10.5 Å². The Morgan fingerprint density at radius 3 is 1.24 bits per heavy atom. The number of ether oxygens (including phenoxy) is 5. The molecule has 14 fully saturated rings. The Bertz CT molecular complexity index is 3530. The van der Waals surface area contributed by atoms with Gasteiger partial charge >= 0.3 is 17.9 Å². The van der Waals surface area contributed by atoms with E-state index in [4.69, 9.17) is 73.9 Å². The van der Waals surface area contributed by atoms with Crippen molar-refractivity contribution in [2.24, 2.45) is 109 Å². The molecule has 32 nitrogen and oxygen atoms in total. The first-order valence-corrected chi connectivity index (χ1v) is 49.6. The number of aliphatic hydroxyl groups is 11. The first kappa shape index (κ1) is 124. The van der Waals surface area contributed by atoms with Crippen LogP contribution in [-0.4, -0.2) is 280 Å². The Hall–Kier alpha value is -4.44. The van der Waals surface area contributed by atoms with E-state index in [0.29, 0.717) is 90.8 Å². The maximum Gasteiger partial charge on any atom is 0.331 e. The van der Waals surface area contributed by atoms with Crippen molar-refractivity contribution in [1.29, 1.82) is 0 Å². The minimum Gasteiger partial charge on any atom is -0.458 e. The van der Waals surface area contributed by atoms with Crippen LogP contribution in [0.1, 0.15) is 299 Å². The zero-order valence-corrected chi connectivity index (χ0v) is 84.7. The number of hydroxylamine groups is 5. The number of nitrogens with one attached hydrogen (secondary N) is 2. The van der Waals surface area contributed by atoms with Crippen molar-refractivity contribution in [3.8, 4) is 0 Å². The van der Waals surface area contributed by atoms with Gasteiger partial charge in [-0.1, -0.05) is 49.0 Å². The van der Waals surface area contributed by atoms with Crippen molar-refractivity contribution in [2.45, 2.75) is 341 Å². The van der Waals surface area contributed by atoms with Gasteiger partial charge in [-0.25, -0.2) is 25.8 Å². The summed E-state index contributed by atoms with van der Waals surface area (Å²) < 4.78 is 27.6. The summed E-state index contributed by atoms with van der Waals surface area (Å²) in [4.78, 5) is 79.7. The van der Waals surface area contributed by atoms with Gasteiger partial charge in [0.1, 0.15) is 45.2 Å². The lowest BCUT2D eigenvalue weighted by atomic mass is 9.43. The first-order chi connectivity index (χ1) is 63.2. The van der Waals surface area contributed by atoms with E-state index in [1.165, 1.54) is 52.1 Å². The van der Waals surface area contributed by atoms with E-state index in [-0.39, 0.29) is 101 Å². The fourth-order valence-electron chi connectivity index (χ4n) is 28.1. The van der Waals surface area contributed by atoms with Gasteiger partial charge in [0.25, 0.3) is 0 Å². The highest BCUT2D eigenvalue weighted by Crippen LogP contribution is 2.74. The molecular formula is C102H188N5O27+. The molecule has 12 aliphatic carbocycles. The summed E-state index contributed by atoms with van der Waals surface area (Å²) in [6.07, 6.45) is 46.9. The molecule has 12 saturated carbocycles. The van der Waals surface area contributed by atoms with E-state index in [1.807, 2.05) is 20.3 Å². The number of ketones is 1. The summed E-state index contributed by atoms with van der Waals surface area (Å²) in [5.74, 6) is 9.56. The van der Waals surface area contributed by atoms with E-state index in [0.717, 1.165) is 270 Å². The van der Waals surface area contributed by atoms with E-state index in [9.17, 15) is 44.4 Å². The number of carbonyl (C=O) groups is 5. The van der Waals surface area contributed by atoms with E-state index < -0.39 is 23.1 Å². The molecule has 0 spiro atoms. The largest absolute Gasteiger partial charge is 0.458 e. The Morgan fingerprint density at radius 2 is 0.896 bits per heavy atom. The average Bonchev–Trinajstić information content (AvgIpc) is 1.45. The topological polar surface area (TPSA) is 488 Å². The van der Waals surface area contributed by atoms with Crippen LogP contribution in [0.5, 0.6) is 0 Å². The summed E-state index contributed by atoms with van der Waals surface area (Å²) in [7, 11) is 17.4. The van der Waals surface area contributed by atoms with Gasteiger partial charge in [-0.05, 0) is 333 Å². The molecule has 25 atom stereocenters. The maximum absolute atomic E-state index is 12.2. The van der Waals surface area contributed by atoms with Crippen LogP contribution in [0.2, 0.25) is 0 Å². The lowest BCUT2D eigenvalue weighted by Crippen LogP contribution is -2.62. The minimum absolute atomic E-state index is 0. The number of fused-ring (bicyclic) bond motifs is 15. The monoisotopic (exact) mass is 1920 g/mol. The van der Waals surface area contributed by atoms with Gasteiger partial charge in [0.05, 0.1) is 51.3 Å². The number of nitrogens with two attached hydrogens (primary N) is 1. The molecule has 782 valence electrons. The standard InChI is InChI=1S/C24H37NO4.C23H34O4.C23H32O4.C7H15NO2.C7H16NO2.2C5H10O2.C2H7NO.CH5NO.4CH4O.CH4.H2O/c1-22-9-6-17(25-28-3)13-16(22)4-5-20-19(22)7-10-23(2)18(8-11-24(20,23)27)15-12-21(26)29-14-15;2*1-21-8-5-16(24)12-15(21)3-4-19-18(21)6-9-22(2)17(7-10-23(19,22)26)14-11-20(25)27-13-14;1-8(9-2)7-5-3-4-6-10-7;1-8(10-2)6-4-3-5-7-9;6-5-3-1-2-4-7-5;6-4-2-1-3-5-7;1-3-4-2;1-3-2;4*1-2;;/h12,16-20,25,27H,4-11,13-14H2,1-3H3;11,15-19,24,26H,3-10,12-13H2,1-2H3;11,15,17-19,26H,3-10,12-13H2,1-2H3;7H,3-6H2,1-2H3;6,9H,3-5,7H2,1-2H3;5-6H,1-4H2;4,7H,1-3,5H2;3H,1-2H3;2H2,1H3;4*2H,1H3;1H4;1H2/q;;;;+1;;;;;;;;;;/b;;;;8-6-;;;;;;;;;;/t16?,17-,18+,19?,20?,22-,23+,24-;15?,16-,17+,18?,19?,21-,22+,23-;15?,17-,18?,19?,21+,22-,23+;;;;;;;;;;;;/m001............/s1. The van der Waals surface area contributed by atoms with Gasteiger partial charge in [-0.3, -0.25) is 9.63 Å². The Labute approximate surface area is 803 Å². The third-order valence-electron chi connectivity index (χ3n) is 35.3. The van der Waals surface area contributed by atoms with Crippen molar-refractivity contribution in [3.63, 3.8) is 0 Å². The second kappa shape index (κ2) is 59.5. The molecule has 0 aromatic carbocycles. The van der Waals surface area contributed by atoms with Crippen LogP contribution >= 0.6 is 0 Å². The Balaban J connectivity index is 0.000000414. The van der Waals surface area contributed by atoms with Gasteiger partial charge in [0.15, 0.2) is 19.6 Å². The van der Waals surface area contributed by atoms with Crippen molar-refractivity contribution < 1.29 is 138 Å². The molecule has 17 N–H and O–H groups in total. The molecule has 5 heterocycles. The summed E-state index contributed by atoms with van der Waals surface area (Å²) in [5, 5.41) is 102. The third-order valence-corrected chi connectivity index (χ3v) is 35.3. The lowest BCUT2D eigenvalue weighted by molar-refractivity contribution is -0.758. The quantitative estimate of drug-likeness (QED) is 0.0122. The van der Waals surface area contributed by atoms with Crippen molar-refractivity contribution >= 4 is 36.2 Å². The molecule has 0 amide bonds. The predicted octanol–water partition coefficient (Wildman–Crippen LogP) is 11.0. The first-order valence-electron chi connectivity index (χ1n) is 49.6. The second-order valence-corrected chi connectivity index (χ2v) is 40.9. The SMILES string of the molecule is C.CNOC.CO.CO.CO.CO.CO/[N+](C)=C\CCCCO.CON.CON(C)C1CCCCO1.CON[C@H]1CC[C@@]2(C)C(CCC3C2CC[C@]2(C)[C@@H](C4=CC(=O)OC4)CC[C@]32O)C1.C[C@]12CCC(=O)CC1CCC1C2CC[C@]2(C)[C@@H](C3=CC(=O)OC3)CC[C@]12O.C[C@]12CC[C@H](O)CC1CCC1C2CC[C@]2(C)[C@@H](C3=CC(=O)OC3)CC[C@]12O.O.O=CCCCCO.OC1CCCCO1. The fraction of sp³-hybridized carbons (Fsp3) is 0.882. The molecule has 0 aromatic heterocycles. The number of hydrogen-bond acceptors (Lipinski definition) is 30. The number of aliphatic hydroxyl groups excluding tert-OH is 8. The second-order valence-electron chi connectivity index (χ2n) is 40.9. The van der Waals surface area contributed by atoms with Crippen LogP contribution in [0.3, 0.4) is 0 Å². The average molecular weight is 1920 g/mol. The molecule has 0 bridgehead atoms. The Morgan fingerprint density at radius 1 is 0.500 bits per heavy atom. The highest BCUT2D eigenvalue weighted by molar-refractivity contribution is 5.86. The molecule has 32 heteroatoms. The van der Waals surface area contributed by atoms with Crippen LogP contribution in [0, 0.1) is 104 Å². The molecule has 5 aliphatic heterocycles. The molecule has 17 rings (SSSR count). The fourth-order valence-corrected chi connectivity index (χ4v) is 28.1. The number of nitrogens with zero attached hydrogens (tertiary/aromatic N) is 2. The number of aldehydes is 1. The van der Waals surface area contributed by atoms with Gasteiger partial charge in [-0.15, -0.1) is 0 Å². The highest BCUT2D eigenvalue weighted by atomic mass is 16.7. The van der Waals surface area contributed by atoms with Crippen LogP contribution in [0.15, 0.2) is 34.9 Å². The number of unbranched alkanes of at least 4 members (excludes halogenated alkanes) is 4. The van der Waals surface area contributed by atoms with Crippen LogP contribution in [0.25, 0.3) is 0 Å². The molecule has 0 radical (unpaired) electrons. The zero-order chi connectivity index (χ0) is 98.5. The van der Waals surface area contributed by atoms with Gasteiger partial charge in [0.2, 0.25) is 0 Å². The van der Waals surface area contributed by atoms with E-state index in [1.54, 1.807) is 63.5 Å². The number of rotatable bonds is 17. The third kappa shape index (κ3) is 29.2. The summed E-state index contributed by atoms with van der Waals surface area (Å²) in [5.41, 5.74) is 7.43. The zero-order valence-electron chi connectivity index (χ0n) is 84.7. The number of hydrogen-bond donors (Lipinski definition) is 14. The van der Waals surface area contributed by atoms with Crippen LogP contribution in [0.4, 0.5) is 0 Å². The molecule has 11 unspecified atom stereocenters. The number of esters is 3. The van der Waals surface area contributed by atoms with Crippen LogP contribution in [-0.2, 0) is 71.8 Å². The highest BCUT2D eigenvalue weighted by Gasteiger charge is 2.71. The molecular weight excluding hydrogens is 1730 g/mol. The smallest absolute Gasteiger partial charge is 0.331 e. The molecule has 0 aromatic rings. The van der Waals surface area contributed by atoms with Gasteiger partial charge < -0.3 is 109 Å².